The van der Waals surface area contributed by atoms with E-state index in [1.807, 2.05) is 0 Å². The Morgan fingerprint density at radius 1 is 0.330 bits per heavy atom. The Bertz CT molecular complexity index is 1730. The highest BCUT2D eigenvalue weighted by molar-refractivity contribution is 7.47. The summed E-state index contributed by atoms with van der Waals surface area (Å²) in [5.74, 6) is 0.174. The Morgan fingerprint density at radius 3 is 0.864 bits per heavy atom. The van der Waals surface area contributed by atoms with Crippen molar-refractivity contribution in [3.63, 3.8) is 0 Å². The van der Waals surface area contributed by atoms with Crippen LogP contribution in [0, 0.1) is 17.8 Å². The van der Waals surface area contributed by atoms with Gasteiger partial charge in [0.1, 0.15) is 19.3 Å². The predicted molar refractivity (Wildman–Crippen MR) is 354 cm³/mol. The molecule has 0 rings (SSSR count). The third-order valence-electron chi connectivity index (χ3n) is 16.2. The van der Waals surface area contributed by atoms with Crippen molar-refractivity contribution >= 4 is 39.5 Å². The molecule has 0 aliphatic rings. The average Bonchev–Trinajstić information content (AvgIpc) is 3.53. The van der Waals surface area contributed by atoms with Gasteiger partial charge in [0.25, 0.3) is 0 Å². The van der Waals surface area contributed by atoms with E-state index in [1.165, 1.54) is 148 Å². The minimum absolute atomic E-state index is 0.104. The highest BCUT2D eigenvalue weighted by Gasteiger charge is 2.30. The molecule has 3 unspecified atom stereocenters. The number of phosphoric ester groups is 2. The van der Waals surface area contributed by atoms with Crippen molar-refractivity contribution in [1.29, 1.82) is 0 Å². The van der Waals surface area contributed by atoms with E-state index in [0.29, 0.717) is 25.7 Å². The molecule has 0 aliphatic carbocycles. The van der Waals surface area contributed by atoms with E-state index in [9.17, 15) is 43.2 Å². The number of aliphatic hydroxyl groups is 1. The average molecular weight is 1300 g/mol. The van der Waals surface area contributed by atoms with Crippen LogP contribution in [-0.4, -0.2) is 96.7 Å². The molecule has 0 aliphatic heterocycles. The molecule has 3 N–H and O–H groups in total. The molecule has 6 atom stereocenters. The van der Waals surface area contributed by atoms with Gasteiger partial charge in [0.05, 0.1) is 26.4 Å². The largest absolute Gasteiger partial charge is 0.472 e. The van der Waals surface area contributed by atoms with Gasteiger partial charge in [0.15, 0.2) is 12.2 Å². The van der Waals surface area contributed by atoms with E-state index in [0.717, 1.165) is 114 Å². The molecule has 0 saturated carbocycles. The summed E-state index contributed by atoms with van der Waals surface area (Å²) in [4.78, 5) is 72.4. The standard InChI is InChI=1S/C69H134O17P2/c1-8-10-11-12-13-29-36-43-50-66(71)79-56-64(86-69(74)53-46-39-32-25-24-27-34-41-48-61(5)6)58-83-87(75,76)81-54-63(70)55-82-88(77,78)84-59-65(57-80-67(72)51-44-37-30-22-19-18-21-28-35-42-49-62(7)9-2)85-68(73)52-45-38-31-23-17-15-14-16-20-26-33-40-47-60(3)4/h60-65,70H,8-59H2,1-7H3,(H,75,76)(H,77,78)/t62?,63-,64+,65+/m0/s1. The fourth-order valence-electron chi connectivity index (χ4n) is 10.3. The summed E-state index contributed by atoms with van der Waals surface area (Å²) in [6, 6.07) is 0. The number of aliphatic hydroxyl groups excluding tert-OH is 1. The maximum atomic E-state index is 13.0. The molecule has 0 aromatic carbocycles. The normalized spacial score (nSPS) is 14.5. The summed E-state index contributed by atoms with van der Waals surface area (Å²) < 4.78 is 68.2. The van der Waals surface area contributed by atoms with Gasteiger partial charge < -0.3 is 33.8 Å². The number of unbranched alkanes of at least 4 members (excludes halogenated alkanes) is 34. The van der Waals surface area contributed by atoms with E-state index in [2.05, 4.69) is 48.5 Å². The van der Waals surface area contributed by atoms with Crippen molar-refractivity contribution in [1.82, 2.24) is 0 Å². The molecule has 19 heteroatoms. The van der Waals surface area contributed by atoms with Crippen LogP contribution in [0.3, 0.4) is 0 Å². The lowest BCUT2D eigenvalue weighted by atomic mass is 9.99. The van der Waals surface area contributed by atoms with Crippen LogP contribution < -0.4 is 0 Å². The number of phosphoric acid groups is 2. The number of hydrogen-bond acceptors (Lipinski definition) is 15. The molecule has 0 spiro atoms. The SMILES string of the molecule is CCCCCCCCCCC(=O)OC[C@H](COP(=O)(O)OC[C@H](O)COP(=O)(O)OC[C@@H](COC(=O)CCCCCCCCCCCCC(C)CC)OC(=O)CCCCCCCCCCCCCCC(C)C)OC(=O)CCCCCCCCCCC(C)C. The van der Waals surface area contributed by atoms with Gasteiger partial charge in [-0.1, -0.05) is 292 Å². The molecule has 522 valence electrons. The van der Waals surface area contributed by atoms with Crippen LogP contribution in [0.15, 0.2) is 0 Å². The van der Waals surface area contributed by atoms with Gasteiger partial charge in [-0.3, -0.25) is 37.3 Å². The summed E-state index contributed by atoms with van der Waals surface area (Å²) in [7, 11) is -9.90. The second-order valence-electron chi connectivity index (χ2n) is 26.1. The van der Waals surface area contributed by atoms with Gasteiger partial charge in [-0.2, -0.15) is 0 Å². The molecule has 17 nitrogen and oxygen atoms in total. The van der Waals surface area contributed by atoms with Gasteiger partial charge in [-0.05, 0) is 43.4 Å². The van der Waals surface area contributed by atoms with Gasteiger partial charge in [-0.15, -0.1) is 0 Å². The molecular formula is C69H134O17P2. The molecule has 0 fully saturated rings. The molecule has 0 aromatic heterocycles. The van der Waals surface area contributed by atoms with Crippen molar-refractivity contribution in [2.24, 2.45) is 17.8 Å². The summed E-state index contributed by atoms with van der Waals surface area (Å²) in [5, 5.41) is 10.6. The lowest BCUT2D eigenvalue weighted by Crippen LogP contribution is -2.30. The van der Waals surface area contributed by atoms with E-state index in [4.69, 9.17) is 37.0 Å². The third kappa shape index (κ3) is 61.6. The monoisotopic (exact) mass is 1300 g/mol. The first-order valence-corrected chi connectivity index (χ1v) is 38.9. The predicted octanol–water partition coefficient (Wildman–Crippen LogP) is 19.5. The number of carbonyl (C=O) groups excluding carboxylic acids is 4. The van der Waals surface area contributed by atoms with Gasteiger partial charge >= 0.3 is 39.5 Å². The van der Waals surface area contributed by atoms with Crippen molar-refractivity contribution < 1.29 is 80.2 Å². The van der Waals surface area contributed by atoms with Crippen molar-refractivity contribution in [3.05, 3.63) is 0 Å². The first-order valence-electron chi connectivity index (χ1n) is 35.9. The molecule has 0 radical (unpaired) electrons. The minimum Gasteiger partial charge on any atom is -0.462 e. The van der Waals surface area contributed by atoms with Crippen LogP contribution in [0.1, 0.15) is 344 Å². The zero-order chi connectivity index (χ0) is 65.2. The summed E-state index contributed by atoms with van der Waals surface area (Å²) in [6.07, 6.45) is 43.0. The van der Waals surface area contributed by atoms with Gasteiger partial charge in [0, 0.05) is 25.7 Å². The first-order chi connectivity index (χ1) is 42.3. The van der Waals surface area contributed by atoms with Crippen molar-refractivity contribution in [3.8, 4) is 0 Å². The molecule has 0 bridgehead atoms. The van der Waals surface area contributed by atoms with Crippen molar-refractivity contribution in [2.45, 2.75) is 362 Å². The molecule has 0 amide bonds. The van der Waals surface area contributed by atoms with Crippen LogP contribution >= 0.6 is 15.6 Å². The molecule has 0 aromatic rings. The lowest BCUT2D eigenvalue weighted by Gasteiger charge is -2.21. The fourth-order valence-corrected chi connectivity index (χ4v) is 11.9. The van der Waals surface area contributed by atoms with Gasteiger partial charge in [-0.25, -0.2) is 9.13 Å². The topological polar surface area (TPSA) is 237 Å². The fraction of sp³-hybridized carbons (Fsp3) is 0.942. The Balaban J connectivity index is 5.24. The van der Waals surface area contributed by atoms with E-state index in [1.54, 1.807) is 0 Å². The highest BCUT2D eigenvalue weighted by Crippen LogP contribution is 2.45. The number of carbonyl (C=O) groups is 4. The van der Waals surface area contributed by atoms with Crippen LogP contribution in [-0.2, 0) is 65.4 Å². The maximum absolute atomic E-state index is 13.0. The van der Waals surface area contributed by atoms with Gasteiger partial charge in [0.2, 0.25) is 0 Å². The number of rotatable bonds is 67. The Kier molecular flexibility index (Phi) is 58.7. The molecule has 0 saturated heterocycles. The Morgan fingerprint density at radius 2 is 0.580 bits per heavy atom. The second-order valence-corrected chi connectivity index (χ2v) is 29.0. The zero-order valence-corrected chi connectivity index (χ0v) is 59.0. The van der Waals surface area contributed by atoms with E-state index >= 15 is 0 Å². The van der Waals surface area contributed by atoms with E-state index < -0.39 is 97.5 Å². The van der Waals surface area contributed by atoms with Crippen LogP contribution in [0.25, 0.3) is 0 Å². The number of hydrogen-bond donors (Lipinski definition) is 3. The van der Waals surface area contributed by atoms with E-state index in [-0.39, 0.29) is 25.7 Å². The first kappa shape index (κ1) is 86.1. The Hall–Kier alpha value is -1.94. The maximum Gasteiger partial charge on any atom is 0.472 e. The van der Waals surface area contributed by atoms with Crippen LogP contribution in [0.2, 0.25) is 0 Å². The smallest absolute Gasteiger partial charge is 0.462 e. The quantitative estimate of drug-likeness (QED) is 0.0222. The van der Waals surface area contributed by atoms with Crippen molar-refractivity contribution in [2.75, 3.05) is 39.6 Å². The minimum atomic E-state index is -4.95. The zero-order valence-electron chi connectivity index (χ0n) is 57.2. The molecular weight excluding hydrogens is 1160 g/mol. The Labute approximate surface area is 537 Å². The third-order valence-corrected chi connectivity index (χ3v) is 18.1. The lowest BCUT2D eigenvalue weighted by molar-refractivity contribution is -0.161. The number of esters is 4. The molecule has 0 heterocycles. The highest BCUT2D eigenvalue weighted by atomic mass is 31.2. The van der Waals surface area contributed by atoms with Crippen LogP contribution in [0.4, 0.5) is 0 Å². The summed E-state index contributed by atoms with van der Waals surface area (Å²) >= 11 is 0. The summed E-state index contributed by atoms with van der Waals surface area (Å²) in [6.45, 7) is 11.8. The summed E-state index contributed by atoms with van der Waals surface area (Å²) in [5.41, 5.74) is 0. The number of ether oxygens (including phenoxy) is 4. The van der Waals surface area contributed by atoms with Crippen LogP contribution in [0.5, 0.6) is 0 Å². The molecule has 88 heavy (non-hydrogen) atoms. The second kappa shape index (κ2) is 60.0.